The zero-order chi connectivity index (χ0) is 16.4. The van der Waals surface area contributed by atoms with E-state index in [1.165, 1.54) is 29.1 Å². The Labute approximate surface area is 133 Å². The van der Waals surface area contributed by atoms with Crippen LogP contribution in [0, 0.1) is 5.82 Å². The van der Waals surface area contributed by atoms with Gasteiger partial charge < -0.3 is 0 Å². The fraction of sp³-hybridized carbons (Fsp3) is 0.0625. The Bertz CT molecular complexity index is 937. The van der Waals surface area contributed by atoms with Crippen molar-refractivity contribution in [3.05, 3.63) is 66.6 Å². The Balaban J connectivity index is 2.04. The molecule has 0 saturated heterocycles. The largest absolute Gasteiger partial charge is 0.279 e. The van der Waals surface area contributed by atoms with Crippen molar-refractivity contribution in [3.8, 4) is 11.3 Å². The van der Waals surface area contributed by atoms with E-state index in [1.807, 2.05) is 6.07 Å². The number of benzene rings is 2. The number of aromatic nitrogens is 2. The second-order valence-corrected chi connectivity index (χ2v) is 6.65. The number of nitrogens with one attached hydrogen (secondary N) is 1. The molecule has 0 spiro atoms. The van der Waals surface area contributed by atoms with Crippen LogP contribution in [0.3, 0.4) is 0 Å². The van der Waals surface area contributed by atoms with Crippen molar-refractivity contribution in [2.24, 2.45) is 7.05 Å². The van der Waals surface area contributed by atoms with Crippen molar-refractivity contribution in [2.75, 3.05) is 4.72 Å². The van der Waals surface area contributed by atoms with Crippen LogP contribution in [0.25, 0.3) is 11.3 Å². The molecule has 118 valence electrons. The highest BCUT2D eigenvalue weighted by Gasteiger charge is 2.23. The highest BCUT2D eigenvalue weighted by molar-refractivity contribution is 7.92. The van der Waals surface area contributed by atoms with Gasteiger partial charge in [-0.05, 0) is 18.2 Å². The van der Waals surface area contributed by atoms with E-state index in [-0.39, 0.29) is 10.6 Å². The normalized spacial score (nSPS) is 11.4. The summed E-state index contributed by atoms with van der Waals surface area (Å²) in [6.45, 7) is 0. The third-order valence-electron chi connectivity index (χ3n) is 3.21. The first kappa shape index (κ1) is 15.2. The predicted molar refractivity (Wildman–Crippen MR) is 85.9 cm³/mol. The molecule has 0 saturated carbocycles. The van der Waals surface area contributed by atoms with E-state index in [2.05, 4.69) is 9.82 Å². The molecule has 3 aromatic rings. The molecule has 1 aromatic heterocycles. The number of hydrogen-bond donors (Lipinski definition) is 1. The predicted octanol–water partition coefficient (Wildman–Crippen LogP) is 3.03. The molecule has 0 aliphatic heterocycles. The minimum atomic E-state index is -3.89. The zero-order valence-electron chi connectivity index (χ0n) is 12.3. The molecule has 7 heteroatoms. The minimum Gasteiger partial charge on any atom is -0.279 e. The topological polar surface area (TPSA) is 64.0 Å². The smallest absolute Gasteiger partial charge is 0.265 e. The third kappa shape index (κ3) is 3.24. The summed E-state index contributed by atoms with van der Waals surface area (Å²) in [4.78, 5) is 0.0375. The summed E-state index contributed by atoms with van der Waals surface area (Å²) in [5.74, 6) is -0.514. The van der Waals surface area contributed by atoms with E-state index in [0.717, 1.165) is 6.07 Å². The standard InChI is InChI=1S/C16H14FN3O2S/c1-20-11-15(16(18-20)12-6-3-2-4-7-12)23(21,22)19-14-9-5-8-13(17)10-14/h2-11,19H,1H3. The summed E-state index contributed by atoms with van der Waals surface area (Å²) in [7, 11) is -2.24. The molecular weight excluding hydrogens is 317 g/mol. The van der Waals surface area contributed by atoms with Crippen LogP contribution in [0.2, 0.25) is 0 Å². The van der Waals surface area contributed by atoms with Gasteiger partial charge in [0.05, 0.1) is 5.69 Å². The number of halogens is 1. The van der Waals surface area contributed by atoms with Crippen LogP contribution in [0.15, 0.2) is 65.7 Å². The molecule has 3 rings (SSSR count). The highest BCUT2D eigenvalue weighted by atomic mass is 32.2. The maximum absolute atomic E-state index is 13.2. The van der Waals surface area contributed by atoms with Crippen LogP contribution >= 0.6 is 0 Å². The van der Waals surface area contributed by atoms with Crippen LogP contribution in [0.4, 0.5) is 10.1 Å². The summed E-state index contributed by atoms with van der Waals surface area (Å²) in [6.07, 6.45) is 1.42. The molecule has 0 atom stereocenters. The molecule has 23 heavy (non-hydrogen) atoms. The molecule has 5 nitrogen and oxygen atoms in total. The molecular formula is C16H14FN3O2S. The lowest BCUT2D eigenvalue weighted by Crippen LogP contribution is -2.13. The first-order chi connectivity index (χ1) is 11.0. The molecule has 0 bridgehead atoms. The lowest BCUT2D eigenvalue weighted by atomic mass is 10.2. The third-order valence-corrected chi connectivity index (χ3v) is 4.59. The number of hydrogen-bond acceptors (Lipinski definition) is 3. The van der Waals surface area contributed by atoms with Gasteiger partial charge in [0, 0.05) is 18.8 Å². The van der Waals surface area contributed by atoms with Crippen molar-refractivity contribution >= 4 is 15.7 Å². The maximum atomic E-state index is 13.2. The Morgan fingerprint density at radius 3 is 2.52 bits per heavy atom. The fourth-order valence-electron chi connectivity index (χ4n) is 2.22. The first-order valence-corrected chi connectivity index (χ1v) is 8.31. The van der Waals surface area contributed by atoms with E-state index in [1.54, 1.807) is 31.3 Å². The molecule has 0 aliphatic rings. The quantitative estimate of drug-likeness (QED) is 0.799. The van der Waals surface area contributed by atoms with Crippen LogP contribution in [-0.4, -0.2) is 18.2 Å². The number of nitrogens with zero attached hydrogens (tertiary/aromatic N) is 2. The van der Waals surface area contributed by atoms with Gasteiger partial charge in [-0.3, -0.25) is 9.40 Å². The summed E-state index contributed by atoms with van der Waals surface area (Å²) in [5, 5.41) is 4.23. The summed E-state index contributed by atoms with van der Waals surface area (Å²) < 4.78 is 42.3. The molecule has 1 N–H and O–H groups in total. The highest BCUT2D eigenvalue weighted by Crippen LogP contribution is 2.27. The van der Waals surface area contributed by atoms with Gasteiger partial charge in [-0.25, -0.2) is 12.8 Å². The maximum Gasteiger partial charge on any atom is 0.265 e. The van der Waals surface area contributed by atoms with Gasteiger partial charge in [0.25, 0.3) is 10.0 Å². The molecule has 0 amide bonds. The Kier molecular flexibility index (Phi) is 3.87. The van der Waals surface area contributed by atoms with Crippen LogP contribution < -0.4 is 4.72 Å². The number of aryl methyl sites for hydroxylation is 1. The molecule has 0 radical (unpaired) electrons. The van der Waals surface area contributed by atoms with Gasteiger partial charge in [0.1, 0.15) is 16.4 Å². The molecule has 2 aromatic carbocycles. The zero-order valence-corrected chi connectivity index (χ0v) is 13.1. The van der Waals surface area contributed by atoms with Crippen LogP contribution in [0.5, 0.6) is 0 Å². The minimum absolute atomic E-state index is 0.0375. The van der Waals surface area contributed by atoms with E-state index in [9.17, 15) is 12.8 Å². The SMILES string of the molecule is Cn1cc(S(=O)(=O)Nc2cccc(F)c2)c(-c2ccccc2)n1. The molecule has 0 fully saturated rings. The van der Waals surface area contributed by atoms with Crippen molar-refractivity contribution in [1.29, 1.82) is 0 Å². The lowest BCUT2D eigenvalue weighted by molar-refractivity contribution is 0.601. The van der Waals surface area contributed by atoms with Gasteiger partial charge in [0.15, 0.2) is 0 Å². The second kappa shape index (κ2) is 5.85. The van der Waals surface area contributed by atoms with Crippen molar-refractivity contribution in [1.82, 2.24) is 9.78 Å². The summed E-state index contributed by atoms with van der Waals surface area (Å²) in [6, 6.07) is 14.3. The van der Waals surface area contributed by atoms with Crippen molar-refractivity contribution < 1.29 is 12.8 Å². The van der Waals surface area contributed by atoms with E-state index in [4.69, 9.17) is 0 Å². The average molecular weight is 331 g/mol. The van der Waals surface area contributed by atoms with E-state index in [0.29, 0.717) is 11.3 Å². The summed E-state index contributed by atoms with van der Waals surface area (Å²) in [5.41, 5.74) is 1.19. The number of sulfonamides is 1. The van der Waals surface area contributed by atoms with Gasteiger partial charge in [-0.1, -0.05) is 36.4 Å². The number of anilines is 1. The second-order valence-electron chi connectivity index (χ2n) is 5.00. The summed E-state index contributed by atoms with van der Waals surface area (Å²) >= 11 is 0. The number of rotatable bonds is 4. The average Bonchev–Trinajstić information content (AvgIpc) is 2.91. The van der Waals surface area contributed by atoms with Gasteiger partial charge in [-0.2, -0.15) is 5.10 Å². The molecule has 0 unspecified atom stereocenters. The van der Waals surface area contributed by atoms with Crippen molar-refractivity contribution in [2.45, 2.75) is 4.90 Å². The van der Waals surface area contributed by atoms with E-state index < -0.39 is 15.8 Å². The lowest BCUT2D eigenvalue weighted by Gasteiger charge is -2.08. The molecule has 0 aliphatic carbocycles. The molecule has 1 heterocycles. The van der Waals surface area contributed by atoms with Crippen molar-refractivity contribution in [3.63, 3.8) is 0 Å². The van der Waals surface area contributed by atoms with Crippen LogP contribution in [0.1, 0.15) is 0 Å². The Morgan fingerprint density at radius 1 is 1.09 bits per heavy atom. The Hall–Kier alpha value is -2.67. The first-order valence-electron chi connectivity index (χ1n) is 6.83. The van der Waals surface area contributed by atoms with Gasteiger partial charge >= 0.3 is 0 Å². The van der Waals surface area contributed by atoms with Gasteiger partial charge in [0.2, 0.25) is 0 Å². The van der Waals surface area contributed by atoms with E-state index >= 15 is 0 Å². The fourth-order valence-corrected chi connectivity index (χ4v) is 3.47. The van der Waals surface area contributed by atoms with Crippen LogP contribution in [-0.2, 0) is 17.1 Å². The monoisotopic (exact) mass is 331 g/mol. The van der Waals surface area contributed by atoms with Gasteiger partial charge in [-0.15, -0.1) is 0 Å². The Morgan fingerprint density at radius 2 is 1.83 bits per heavy atom.